The molecule has 1 aliphatic heterocycles. The first kappa shape index (κ1) is 37.3. The van der Waals surface area contributed by atoms with Gasteiger partial charge in [0.2, 0.25) is 5.91 Å². The maximum atomic E-state index is 13.1. The number of amides is 2. The molecule has 2 amide bonds. The summed E-state index contributed by atoms with van der Waals surface area (Å²) in [6.07, 6.45) is -9.20. The van der Waals surface area contributed by atoms with E-state index in [2.05, 4.69) is 10.6 Å². The molecule has 16 heteroatoms. The minimum atomic E-state index is -1.55. The third-order valence-corrected chi connectivity index (χ3v) is 7.89. The highest BCUT2D eigenvalue weighted by molar-refractivity contribution is 5.82. The van der Waals surface area contributed by atoms with Crippen molar-refractivity contribution in [3.05, 3.63) is 59.7 Å². The average molecular weight is 699 g/mol. The second-order valence-corrected chi connectivity index (χ2v) is 11.6. The maximum absolute atomic E-state index is 13.1. The van der Waals surface area contributed by atoms with Crippen LogP contribution in [0.5, 0.6) is 0 Å². The first-order valence-corrected chi connectivity index (χ1v) is 15.7. The number of nitrogens with one attached hydrogen (secondary N) is 2. The molecule has 1 saturated heterocycles. The Kier molecular flexibility index (Phi) is 12.5. The van der Waals surface area contributed by atoms with Crippen molar-refractivity contribution >= 4 is 41.8 Å². The van der Waals surface area contributed by atoms with Gasteiger partial charge < -0.3 is 44.2 Å². The molecule has 50 heavy (non-hydrogen) atoms. The molecule has 3 N–H and O–H groups in total. The van der Waals surface area contributed by atoms with Crippen molar-refractivity contribution in [3.8, 4) is 11.1 Å². The minimum absolute atomic E-state index is 0.0599. The number of carboxylic acids is 1. The van der Waals surface area contributed by atoms with Gasteiger partial charge in [-0.25, -0.2) is 9.59 Å². The lowest BCUT2D eigenvalue weighted by Crippen LogP contribution is -2.66. The van der Waals surface area contributed by atoms with Gasteiger partial charge in [-0.15, -0.1) is 0 Å². The van der Waals surface area contributed by atoms with E-state index in [9.17, 15) is 38.7 Å². The Morgan fingerprint density at radius 3 is 1.80 bits per heavy atom. The number of fused-ring (bicyclic) bond motifs is 3. The Hall–Kier alpha value is -5.51. The van der Waals surface area contributed by atoms with Crippen molar-refractivity contribution < 1.29 is 67.1 Å². The van der Waals surface area contributed by atoms with E-state index in [0.717, 1.165) is 49.9 Å². The molecule has 0 spiro atoms. The minimum Gasteiger partial charge on any atom is -0.480 e. The number of aliphatic carboxylic acids is 1. The fraction of sp³-hybridized carbons (Fsp3) is 0.441. The maximum Gasteiger partial charge on any atom is 0.407 e. The predicted octanol–water partition coefficient (Wildman–Crippen LogP) is 1.96. The van der Waals surface area contributed by atoms with Gasteiger partial charge >= 0.3 is 35.9 Å². The standard InChI is InChI=1S/C34H38N2O14/c1-17(37)45-16-27-29(47-18(2)38)30(48-19(3)39)31(49-20(4)40)32(50-27)36-28(41)14-13-26(33(42)43)35-34(44)46-15-25-23-11-7-5-9-21(23)22-10-6-8-12-24(22)25/h5-12,25-27,29-32H,13-16H2,1-4H3,(H,35,44)(H,36,41)(H,42,43)/t26-,27+,29+,30-,31+,32+/m0/s1. The largest absolute Gasteiger partial charge is 0.480 e. The molecule has 1 aliphatic carbocycles. The second kappa shape index (κ2) is 16.7. The number of benzene rings is 2. The van der Waals surface area contributed by atoms with Gasteiger partial charge in [-0.1, -0.05) is 48.5 Å². The Morgan fingerprint density at radius 2 is 1.26 bits per heavy atom. The molecule has 1 fully saturated rings. The van der Waals surface area contributed by atoms with Crippen LogP contribution in [0, 0.1) is 0 Å². The number of esters is 4. The van der Waals surface area contributed by atoms with Gasteiger partial charge in [0.15, 0.2) is 24.5 Å². The highest BCUT2D eigenvalue weighted by Gasteiger charge is 2.52. The summed E-state index contributed by atoms with van der Waals surface area (Å²) in [5.41, 5.74) is 3.97. The van der Waals surface area contributed by atoms with Crippen molar-refractivity contribution in [2.45, 2.75) is 83.1 Å². The third-order valence-electron chi connectivity index (χ3n) is 7.89. The van der Waals surface area contributed by atoms with Crippen LogP contribution in [0.2, 0.25) is 0 Å². The molecule has 6 atom stereocenters. The van der Waals surface area contributed by atoms with E-state index in [1.54, 1.807) is 0 Å². The molecule has 268 valence electrons. The van der Waals surface area contributed by atoms with Crippen LogP contribution in [0.4, 0.5) is 4.79 Å². The van der Waals surface area contributed by atoms with Crippen LogP contribution in [0.25, 0.3) is 11.1 Å². The number of ether oxygens (including phenoxy) is 6. The van der Waals surface area contributed by atoms with Gasteiger partial charge in [0.1, 0.15) is 25.4 Å². The second-order valence-electron chi connectivity index (χ2n) is 11.6. The summed E-state index contributed by atoms with van der Waals surface area (Å²) >= 11 is 0. The van der Waals surface area contributed by atoms with E-state index in [1.807, 2.05) is 48.5 Å². The van der Waals surface area contributed by atoms with Crippen LogP contribution in [0.1, 0.15) is 57.6 Å². The fourth-order valence-electron chi connectivity index (χ4n) is 5.89. The summed E-state index contributed by atoms with van der Waals surface area (Å²) in [4.78, 5) is 85.4. The molecule has 2 aromatic rings. The SMILES string of the molecule is CC(=O)OC[C@H]1O[C@@H](NC(=O)CC[C@H](NC(=O)OCC2c3ccccc3-c3ccccc32)C(=O)O)[C@H](OC(C)=O)[C@@H](OC(C)=O)[C@@H]1OC(C)=O. The topological polar surface area (TPSA) is 219 Å². The monoisotopic (exact) mass is 698 g/mol. The fourth-order valence-corrected chi connectivity index (χ4v) is 5.89. The number of hydrogen-bond donors (Lipinski definition) is 3. The van der Waals surface area contributed by atoms with Gasteiger partial charge in [0.25, 0.3) is 0 Å². The van der Waals surface area contributed by atoms with Crippen molar-refractivity contribution in [1.29, 1.82) is 0 Å². The zero-order valence-corrected chi connectivity index (χ0v) is 27.7. The number of rotatable bonds is 13. The number of alkyl carbamates (subject to hydrolysis) is 1. The summed E-state index contributed by atoms with van der Waals surface area (Å²) < 4.78 is 32.2. The van der Waals surface area contributed by atoms with Gasteiger partial charge in [-0.05, 0) is 28.7 Å². The highest BCUT2D eigenvalue weighted by atomic mass is 16.7. The Labute approximate surface area is 286 Å². The summed E-state index contributed by atoms with van der Waals surface area (Å²) in [5.74, 6) is -5.77. The van der Waals surface area contributed by atoms with Crippen LogP contribution in [0.3, 0.4) is 0 Å². The zero-order chi connectivity index (χ0) is 36.5. The number of carbonyl (C=O) groups excluding carboxylic acids is 6. The summed E-state index contributed by atoms with van der Waals surface area (Å²) in [7, 11) is 0. The molecule has 0 bridgehead atoms. The first-order chi connectivity index (χ1) is 23.7. The molecule has 4 rings (SSSR count). The quantitative estimate of drug-likeness (QED) is 0.201. The molecule has 0 radical (unpaired) electrons. The summed E-state index contributed by atoms with van der Waals surface area (Å²) in [6.45, 7) is 3.71. The lowest BCUT2D eigenvalue weighted by molar-refractivity contribution is -0.257. The summed E-state index contributed by atoms with van der Waals surface area (Å²) in [6, 6.07) is 13.9. The van der Waals surface area contributed by atoms with Gasteiger partial charge in [0.05, 0.1) is 0 Å². The molecule has 0 unspecified atom stereocenters. The van der Waals surface area contributed by atoms with Crippen molar-refractivity contribution in [2.75, 3.05) is 13.2 Å². The van der Waals surface area contributed by atoms with Crippen LogP contribution < -0.4 is 10.6 Å². The Balaban J connectivity index is 1.41. The molecule has 1 heterocycles. The van der Waals surface area contributed by atoms with Crippen molar-refractivity contribution in [1.82, 2.24) is 10.6 Å². The molecule has 0 saturated carbocycles. The lowest BCUT2D eigenvalue weighted by atomic mass is 9.97. The van der Waals surface area contributed by atoms with E-state index >= 15 is 0 Å². The molecule has 0 aromatic heterocycles. The van der Waals surface area contributed by atoms with E-state index in [-0.39, 0.29) is 12.5 Å². The molecule has 2 aliphatic rings. The Morgan fingerprint density at radius 1 is 0.720 bits per heavy atom. The smallest absolute Gasteiger partial charge is 0.407 e. The lowest BCUT2D eigenvalue weighted by Gasteiger charge is -2.44. The molecular weight excluding hydrogens is 660 g/mol. The van der Waals surface area contributed by atoms with Crippen LogP contribution >= 0.6 is 0 Å². The van der Waals surface area contributed by atoms with Gasteiger partial charge in [0, 0.05) is 40.0 Å². The molecule has 2 aromatic carbocycles. The summed E-state index contributed by atoms with van der Waals surface area (Å²) in [5, 5.41) is 14.5. The average Bonchev–Trinajstić information content (AvgIpc) is 3.36. The first-order valence-electron chi connectivity index (χ1n) is 15.7. The van der Waals surface area contributed by atoms with Crippen LogP contribution in [-0.2, 0) is 57.2 Å². The van der Waals surface area contributed by atoms with Gasteiger partial charge in [-0.2, -0.15) is 0 Å². The van der Waals surface area contributed by atoms with E-state index in [1.165, 1.54) is 0 Å². The molecule has 16 nitrogen and oxygen atoms in total. The predicted molar refractivity (Wildman–Crippen MR) is 169 cm³/mol. The normalized spacial score (nSPS) is 21.3. The number of carboxylic acid groups (broad SMARTS) is 1. The van der Waals surface area contributed by atoms with Crippen LogP contribution in [-0.4, -0.2) is 96.9 Å². The zero-order valence-electron chi connectivity index (χ0n) is 27.7. The molecular formula is C34H38N2O14. The highest BCUT2D eigenvalue weighted by Crippen LogP contribution is 2.44. The van der Waals surface area contributed by atoms with Crippen molar-refractivity contribution in [2.24, 2.45) is 0 Å². The number of hydrogen-bond acceptors (Lipinski definition) is 13. The Bertz CT molecular complexity index is 1580. The van der Waals surface area contributed by atoms with Crippen LogP contribution in [0.15, 0.2) is 48.5 Å². The van der Waals surface area contributed by atoms with Crippen molar-refractivity contribution in [3.63, 3.8) is 0 Å². The third kappa shape index (κ3) is 9.56. The van der Waals surface area contributed by atoms with Gasteiger partial charge in [-0.3, -0.25) is 24.0 Å². The van der Waals surface area contributed by atoms with E-state index < -0.39 is 98.0 Å². The number of carbonyl (C=O) groups is 7. The van der Waals surface area contributed by atoms with E-state index in [0.29, 0.717) is 0 Å². The van der Waals surface area contributed by atoms with E-state index in [4.69, 9.17) is 28.4 Å².